The molecule has 1 saturated heterocycles. The Morgan fingerprint density at radius 3 is 2.30 bits per heavy atom. The topological polar surface area (TPSA) is 67.4 Å². The maximum absolute atomic E-state index is 12.5. The van der Waals surface area contributed by atoms with E-state index in [0.29, 0.717) is 5.16 Å². The summed E-state index contributed by atoms with van der Waals surface area (Å²) in [6.07, 6.45) is 0. The number of benzene rings is 1. The molecule has 6 nitrogen and oxygen atoms in total. The standard InChI is InChI=1S/C20H26N4O2S/c1-13-14(2)21-20(22-15(13)3)27-16(4)19(25)23-17-5-7-18(8-6-17)24-9-11-26-12-10-24/h5-8,16H,9-12H2,1-4H3,(H,23,25)/t16-/m0/s1. The van der Waals surface area contributed by atoms with Gasteiger partial charge in [0.1, 0.15) is 0 Å². The molecule has 0 bridgehead atoms. The van der Waals surface area contributed by atoms with Crippen LogP contribution in [0.4, 0.5) is 11.4 Å². The van der Waals surface area contributed by atoms with Crippen molar-refractivity contribution in [3.63, 3.8) is 0 Å². The van der Waals surface area contributed by atoms with E-state index in [2.05, 4.69) is 20.2 Å². The third-order valence-corrected chi connectivity index (χ3v) is 5.74. The lowest BCUT2D eigenvalue weighted by atomic mass is 10.2. The van der Waals surface area contributed by atoms with Crippen LogP contribution in [0.25, 0.3) is 0 Å². The molecule has 3 rings (SSSR count). The molecule has 0 unspecified atom stereocenters. The van der Waals surface area contributed by atoms with Crippen LogP contribution >= 0.6 is 11.8 Å². The number of amides is 1. The third kappa shape index (κ3) is 4.99. The Hall–Kier alpha value is -2.12. The van der Waals surface area contributed by atoms with Crippen molar-refractivity contribution in [1.29, 1.82) is 0 Å². The van der Waals surface area contributed by atoms with Crippen molar-refractivity contribution in [2.24, 2.45) is 0 Å². The number of hydrogen-bond acceptors (Lipinski definition) is 6. The number of anilines is 2. The average molecular weight is 387 g/mol. The summed E-state index contributed by atoms with van der Waals surface area (Å²) in [7, 11) is 0. The van der Waals surface area contributed by atoms with Crippen molar-refractivity contribution < 1.29 is 9.53 Å². The molecule has 0 radical (unpaired) electrons. The van der Waals surface area contributed by atoms with Crippen molar-refractivity contribution in [2.75, 3.05) is 36.5 Å². The molecule has 2 heterocycles. The molecule has 0 aliphatic carbocycles. The number of aromatic nitrogens is 2. The largest absolute Gasteiger partial charge is 0.378 e. The summed E-state index contributed by atoms with van der Waals surface area (Å²) in [5.41, 5.74) is 4.95. The summed E-state index contributed by atoms with van der Waals surface area (Å²) >= 11 is 1.38. The molecule has 0 spiro atoms. The minimum Gasteiger partial charge on any atom is -0.378 e. The zero-order chi connectivity index (χ0) is 19.4. The van der Waals surface area contributed by atoms with Gasteiger partial charge < -0.3 is 15.0 Å². The molecule has 27 heavy (non-hydrogen) atoms. The smallest absolute Gasteiger partial charge is 0.237 e. The first-order chi connectivity index (χ1) is 12.9. The molecule has 1 aromatic heterocycles. The van der Waals surface area contributed by atoms with Gasteiger partial charge in [-0.25, -0.2) is 9.97 Å². The lowest BCUT2D eigenvalue weighted by molar-refractivity contribution is -0.115. The highest BCUT2D eigenvalue weighted by Crippen LogP contribution is 2.24. The number of aryl methyl sites for hydroxylation is 2. The van der Waals surface area contributed by atoms with Gasteiger partial charge in [0.2, 0.25) is 5.91 Å². The predicted octanol–water partition coefficient (Wildman–Crippen LogP) is 3.36. The van der Waals surface area contributed by atoms with E-state index in [-0.39, 0.29) is 11.2 Å². The maximum atomic E-state index is 12.5. The number of carbonyl (C=O) groups is 1. The Morgan fingerprint density at radius 1 is 1.11 bits per heavy atom. The highest BCUT2D eigenvalue weighted by Gasteiger charge is 2.18. The van der Waals surface area contributed by atoms with Gasteiger partial charge in [0.15, 0.2) is 5.16 Å². The van der Waals surface area contributed by atoms with Gasteiger partial charge in [-0.2, -0.15) is 0 Å². The summed E-state index contributed by atoms with van der Waals surface area (Å²) in [4.78, 5) is 23.8. The molecule has 1 aromatic carbocycles. The Morgan fingerprint density at radius 2 is 1.70 bits per heavy atom. The Labute approximate surface area is 164 Å². The van der Waals surface area contributed by atoms with Gasteiger partial charge in [0.25, 0.3) is 0 Å². The van der Waals surface area contributed by atoms with Gasteiger partial charge in [0, 0.05) is 35.9 Å². The van der Waals surface area contributed by atoms with Crippen molar-refractivity contribution >= 4 is 29.0 Å². The molecule has 0 saturated carbocycles. The number of rotatable bonds is 5. The fraction of sp³-hybridized carbons (Fsp3) is 0.450. The lowest BCUT2D eigenvalue weighted by Gasteiger charge is -2.28. The van der Waals surface area contributed by atoms with Crippen LogP contribution in [0.2, 0.25) is 0 Å². The number of ether oxygens (including phenoxy) is 1. The van der Waals surface area contributed by atoms with Crippen molar-refractivity contribution in [1.82, 2.24) is 9.97 Å². The molecule has 144 valence electrons. The van der Waals surface area contributed by atoms with Crippen LogP contribution in [0.1, 0.15) is 23.9 Å². The normalized spacial score (nSPS) is 15.5. The summed E-state index contributed by atoms with van der Waals surface area (Å²) in [6.45, 7) is 11.1. The number of nitrogens with zero attached hydrogens (tertiary/aromatic N) is 3. The number of morpholine rings is 1. The Balaban J connectivity index is 1.59. The molecule has 1 aliphatic rings. The van der Waals surface area contributed by atoms with Crippen LogP contribution in [-0.4, -0.2) is 47.4 Å². The SMILES string of the molecule is Cc1nc(S[C@@H](C)C(=O)Nc2ccc(N3CCOCC3)cc2)nc(C)c1C. The predicted molar refractivity (Wildman–Crippen MR) is 110 cm³/mol. The zero-order valence-electron chi connectivity index (χ0n) is 16.3. The van der Waals surface area contributed by atoms with Gasteiger partial charge in [0.05, 0.1) is 18.5 Å². The molecule has 1 amide bonds. The van der Waals surface area contributed by atoms with Crippen LogP contribution in [0, 0.1) is 20.8 Å². The molecule has 1 aliphatic heterocycles. The summed E-state index contributed by atoms with van der Waals surface area (Å²) in [5.74, 6) is -0.0568. The van der Waals surface area contributed by atoms with Crippen LogP contribution in [0.15, 0.2) is 29.4 Å². The average Bonchev–Trinajstić information content (AvgIpc) is 2.67. The molecule has 2 aromatic rings. The van der Waals surface area contributed by atoms with Crippen molar-refractivity contribution in [2.45, 2.75) is 38.1 Å². The quantitative estimate of drug-likeness (QED) is 0.628. The van der Waals surface area contributed by atoms with Crippen molar-refractivity contribution in [3.8, 4) is 0 Å². The van der Waals surface area contributed by atoms with E-state index in [1.807, 2.05) is 52.0 Å². The van der Waals surface area contributed by atoms with E-state index in [0.717, 1.165) is 54.6 Å². The van der Waals surface area contributed by atoms with E-state index in [1.165, 1.54) is 11.8 Å². The molecular weight excluding hydrogens is 360 g/mol. The fourth-order valence-corrected chi connectivity index (χ4v) is 3.69. The van der Waals surface area contributed by atoms with Gasteiger partial charge in [-0.15, -0.1) is 0 Å². The van der Waals surface area contributed by atoms with E-state index in [9.17, 15) is 4.79 Å². The van der Waals surface area contributed by atoms with Crippen LogP contribution in [0.5, 0.6) is 0 Å². The minimum absolute atomic E-state index is 0.0568. The summed E-state index contributed by atoms with van der Waals surface area (Å²) in [6, 6.07) is 7.95. The van der Waals surface area contributed by atoms with E-state index in [1.54, 1.807) is 0 Å². The number of carbonyl (C=O) groups excluding carboxylic acids is 1. The summed E-state index contributed by atoms with van der Waals surface area (Å²) in [5, 5.41) is 3.33. The minimum atomic E-state index is -0.287. The van der Waals surface area contributed by atoms with Crippen LogP contribution in [0.3, 0.4) is 0 Å². The lowest BCUT2D eigenvalue weighted by Crippen LogP contribution is -2.36. The highest BCUT2D eigenvalue weighted by atomic mass is 32.2. The van der Waals surface area contributed by atoms with Crippen molar-refractivity contribution in [3.05, 3.63) is 41.2 Å². The maximum Gasteiger partial charge on any atom is 0.237 e. The van der Waals surface area contributed by atoms with Gasteiger partial charge in [-0.3, -0.25) is 4.79 Å². The molecular formula is C20H26N4O2S. The fourth-order valence-electron chi connectivity index (χ4n) is 2.83. The van der Waals surface area contributed by atoms with Crippen LogP contribution in [-0.2, 0) is 9.53 Å². The van der Waals surface area contributed by atoms with Gasteiger partial charge >= 0.3 is 0 Å². The third-order valence-electron chi connectivity index (χ3n) is 4.77. The van der Waals surface area contributed by atoms with Crippen LogP contribution < -0.4 is 10.2 Å². The van der Waals surface area contributed by atoms with Gasteiger partial charge in [-0.1, -0.05) is 11.8 Å². The van der Waals surface area contributed by atoms with E-state index in [4.69, 9.17) is 4.74 Å². The Bertz CT molecular complexity index is 781. The zero-order valence-corrected chi connectivity index (χ0v) is 17.1. The molecule has 7 heteroatoms. The first kappa shape index (κ1) is 19.6. The monoisotopic (exact) mass is 386 g/mol. The van der Waals surface area contributed by atoms with E-state index < -0.39 is 0 Å². The number of hydrogen-bond donors (Lipinski definition) is 1. The molecule has 1 fully saturated rings. The molecule has 1 N–H and O–H groups in total. The van der Waals surface area contributed by atoms with Gasteiger partial charge in [-0.05, 0) is 57.5 Å². The number of thioether (sulfide) groups is 1. The second kappa shape index (κ2) is 8.71. The number of nitrogens with one attached hydrogen (secondary N) is 1. The summed E-state index contributed by atoms with van der Waals surface area (Å²) < 4.78 is 5.38. The first-order valence-corrected chi connectivity index (χ1v) is 10.0. The second-order valence-corrected chi connectivity index (χ2v) is 8.01. The van der Waals surface area contributed by atoms with E-state index >= 15 is 0 Å². The Kier molecular flexibility index (Phi) is 6.34. The highest BCUT2D eigenvalue weighted by molar-refractivity contribution is 8.00. The first-order valence-electron chi connectivity index (χ1n) is 9.16. The second-order valence-electron chi connectivity index (χ2n) is 6.70. The molecule has 1 atom stereocenters.